The number of carbonyl (C=O) groups is 1. The summed E-state index contributed by atoms with van der Waals surface area (Å²) < 4.78 is 16.7. The molecule has 0 unspecified atom stereocenters. The molecule has 142 valence electrons. The van der Waals surface area contributed by atoms with Crippen molar-refractivity contribution in [1.82, 2.24) is 10.2 Å². The van der Waals surface area contributed by atoms with Crippen LogP contribution in [-0.4, -0.2) is 29.3 Å². The topological polar surface area (TPSA) is 86.5 Å². The molecule has 7 heteroatoms. The Morgan fingerprint density at radius 3 is 2.61 bits per heavy atom. The molecule has 0 radical (unpaired) electrons. The highest BCUT2D eigenvalue weighted by molar-refractivity contribution is 6.03. The number of rotatable bonds is 3. The van der Waals surface area contributed by atoms with Gasteiger partial charge in [-0.25, -0.2) is 0 Å². The van der Waals surface area contributed by atoms with Crippen molar-refractivity contribution < 1.29 is 18.7 Å². The number of nitrogens with zero attached hydrogens (tertiary/aromatic N) is 2. The van der Waals surface area contributed by atoms with E-state index in [0.29, 0.717) is 41.7 Å². The molecule has 0 fully saturated rings. The third-order valence-electron chi connectivity index (χ3n) is 5.05. The zero-order valence-corrected chi connectivity index (χ0v) is 15.2. The standard InChI is InChI=1S/C21H19N3O4/c25-19(15-6-5-13-3-1-2-4-14(13)11-15)22-21-24-23-20(28-21)16-7-8-17-18(12-16)27-10-9-26-17/h5-8,11-12H,1-4,9-10H2,(H,22,24,25). The molecule has 0 saturated heterocycles. The van der Waals surface area contributed by atoms with Gasteiger partial charge in [-0.1, -0.05) is 11.2 Å². The van der Waals surface area contributed by atoms with Crippen molar-refractivity contribution in [2.24, 2.45) is 0 Å². The minimum absolute atomic E-state index is 0.0626. The monoisotopic (exact) mass is 377 g/mol. The van der Waals surface area contributed by atoms with E-state index in [1.54, 1.807) is 12.1 Å². The van der Waals surface area contributed by atoms with E-state index in [0.717, 1.165) is 12.8 Å². The van der Waals surface area contributed by atoms with Gasteiger partial charge < -0.3 is 13.9 Å². The van der Waals surface area contributed by atoms with E-state index in [-0.39, 0.29) is 11.9 Å². The minimum atomic E-state index is -0.259. The van der Waals surface area contributed by atoms with E-state index in [1.807, 2.05) is 24.3 Å². The number of amides is 1. The molecule has 0 bridgehead atoms. The Balaban J connectivity index is 1.33. The maximum atomic E-state index is 12.6. The van der Waals surface area contributed by atoms with Crippen molar-refractivity contribution in [2.75, 3.05) is 18.5 Å². The van der Waals surface area contributed by atoms with Gasteiger partial charge in [-0.2, -0.15) is 0 Å². The number of aromatic nitrogens is 2. The fourth-order valence-electron chi connectivity index (χ4n) is 3.61. The molecule has 2 aromatic carbocycles. The third-order valence-corrected chi connectivity index (χ3v) is 5.05. The first kappa shape index (κ1) is 16.8. The third kappa shape index (κ3) is 3.19. The number of fused-ring (bicyclic) bond motifs is 2. The average molecular weight is 377 g/mol. The van der Waals surface area contributed by atoms with Crippen LogP contribution in [0.2, 0.25) is 0 Å². The minimum Gasteiger partial charge on any atom is -0.486 e. The van der Waals surface area contributed by atoms with Gasteiger partial charge in [0.05, 0.1) is 0 Å². The lowest BCUT2D eigenvalue weighted by atomic mass is 9.90. The van der Waals surface area contributed by atoms with Gasteiger partial charge in [0.15, 0.2) is 11.5 Å². The summed E-state index contributed by atoms with van der Waals surface area (Å²) in [6.07, 6.45) is 4.48. The number of nitrogens with one attached hydrogen (secondary N) is 1. The number of anilines is 1. The molecule has 2 aliphatic rings. The first-order valence-corrected chi connectivity index (χ1v) is 9.43. The molecule has 1 N–H and O–H groups in total. The van der Waals surface area contributed by atoms with Crippen LogP contribution in [0.3, 0.4) is 0 Å². The van der Waals surface area contributed by atoms with Crippen LogP contribution in [0.5, 0.6) is 11.5 Å². The van der Waals surface area contributed by atoms with Gasteiger partial charge in [-0.05, 0) is 67.1 Å². The number of ether oxygens (including phenoxy) is 2. The second kappa shape index (κ2) is 6.99. The Labute approximate surface area is 161 Å². The lowest BCUT2D eigenvalue weighted by Crippen LogP contribution is -2.15. The Bertz CT molecular complexity index is 1040. The summed E-state index contributed by atoms with van der Waals surface area (Å²) in [7, 11) is 0. The number of carbonyl (C=O) groups excluding carboxylic acids is 1. The predicted octanol–water partition coefficient (Wildman–Crippen LogP) is 3.64. The van der Waals surface area contributed by atoms with Gasteiger partial charge in [0, 0.05) is 11.1 Å². The van der Waals surface area contributed by atoms with Crippen molar-refractivity contribution in [1.29, 1.82) is 0 Å². The van der Waals surface area contributed by atoms with E-state index in [4.69, 9.17) is 13.9 Å². The van der Waals surface area contributed by atoms with Crippen LogP contribution in [-0.2, 0) is 12.8 Å². The molecule has 1 amide bonds. The Morgan fingerprint density at radius 2 is 1.71 bits per heavy atom. The maximum absolute atomic E-state index is 12.6. The molecule has 0 spiro atoms. The summed E-state index contributed by atoms with van der Waals surface area (Å²) in [6, 6.07) is 11.3. The van der Waals surface area contributed by atoms with Crippen molar-refractivity contribution >= 4 is 11.9 Å². The van der Waals surface area contributed by atoms with Crippen LogP contribution in [0.1, 0.15) is 34.3 Å². The molecular formula is C21H19N3O4. The molecule has 1 aliphatic heterocycles. The molecule has 0 atom stereocenters. The molecule has 3 aromatic rings. The van der Waals surface area contributed by atoms with E-state index in [2.05, 4.69) is 15.5 Å². The van der Waals surface area contributed by atoms with Gasteiger partial charge >= 0.3 is 6.01 Å². The fourth-order valence-corrected chi connectivity index (χ4v) is 3.61. The second-order valence-corrected chi connectivity index (χ2v) is 6.92. The lowest BCUT2D eigenvalue weighted by Gasteiger charge is -2.18. The van der Waals surface area contributed by atoms with Crippen LogP contribution in [0.25, 0.3) is 11.5 Å². The smallest absolute Gasteiger partial charge is 0.322 e. The number of hydrogen-bond donors (Lipinski definition) is 1. The largest absolute Gasteiger partial charge is 0.486 e. The first-order chi connectivity index (χ1) is 13.8. The molecule has 5 rings (SSSR count). The summed E-state index contributed by atoms with van der Waals surface area (Å²) in [4.78, 5) is 12.6. The van der Waals surface area contributed by atoms with Gasteiger partial charge in [-0.3, -0.25) is 10.1 Å². The Kier molecular flexibility index (Phi) is 4.20. The summed E-state index contributed by atoms with van der Waals surface area (Å²) in [5.41, 5.74) is 3.88. The summed E-state index contributed by atoms with van der Waals surface area (Å²) in [6.45, 7) is 1.04. The van der Waals surface area contributed by atoms with Crippen LogP contribution in [0.4, 0.5) is 6.01 Å². The quantitative estimate of drug-likeness (QED) is 0.750. The molecule has 28 heavy (non-hydrogen) atoms. The lowest BCUT2D eigenvalue weighted by molar-refractivity contribution is 0.102. The summed E-state index contributed by atoms with van der Waals surface area (Å²) in [5, 5.41) is 10.6. The Hall–Kier alpha value is -3.35. The zero-order valence-electron chi connectivity index (χ0n) is 15.2. The molecule has 0 saturated carbocycles. The summed E-state index contributed by atoms with van der Waals surface area (Å²) in [5.74, 6) is 1.38. The molecule has 2 heterocycles. The zero-order chi connectivity index (χ0) is 18.9. The van der Waals surface area contributed by atoms with Gasteiger partial charge in [0.1, 0.15) is 13.2 Å². The number of benzene rings is 2. The first-order valence-electron chi connectivity index (χ1n) is 9.43. The fraction of sp³-hybridized carbons (Fsp3) is 0.286. The van der Waals surface area contributed by atoms with Gasteiger partial charge in [0.2, 0.25) is 5.89 Å². The summed E-state index contributed by atoms with van der Waals surface area (Å²) >= 11 is 0. The highest BCUT2D eigenvalue weighted by atomic mass is 16.6. The molecule has 1 aliphatic carbocycles. The predicted molar refractivity (Wildman–Crippen MR) is 102 cm³/mol. The van der Waals surface area contributed by atoms with Gasteiger partial charge in [0.25, 0.3) is 5.91 Å². The SMILES string of the molecule is O=C(Nc1nnc(-c2ccc3c(c2)OCCO3)o1)c1ccc2c(c1)CCCC2. The van der Waals surface area contributed by atoms with Crippen molar-refractivity contribution in [3.8, 4) is 23.0 Å². The van der Waals surface area contributed by atoms with Crippen LogP contribution in [0, 0.1) is 0 Å². The molecule has 1 aromatic heterocycles. The van der Waals surface area contributed by atoms with Crippen molar-refractivity contribution in [3.05, 3.63) is 53.1 Å². The van der Waals surface area contributed by atoms with E-state index >= 15 is 0 Å². The number of aryl methyl sites for hydroxylation is 2. The van der Waals surface area contributed by atoms with Gasteiger partial charge in [-0.15, -0.1) is 5.10 Å². The van der Waals surface area contributed by atoms with Crippen LogP contribution >= 0.6 is 0 Å². The van der Waals surface area contributed by atoms with Crippen molar-refractivity contribution in [3.63, 3.8) is 0 Å². The highest BCUT2D eigenvalue weighted by Crippen LogP contribution is 2.34. The number of hydrogen-bond acceptors (Lipinski definition) is 6. The second-order valence-electron chi connectivity index (χ2n) is 6.92. The molecular weight excluding hydrogens is 358 g/mol. The van der Waals surface area contributed by atoms with Crippen LogP contribution in [0.15, 0.2) is 40.8 Å². The maximum Gasteiger partial charge on any atom is 0.322 e. The van der Waals surface area contributed by atoms with Crippen LogP contribution < -0.4 is 14.8 Å². The van der Waals surface area contributed by atoms with E-state index in [1.165, 1.54) is 24.0 Å². The van der Waals surface area contributed by atoms with E-state index in [9.17, 15) is 4.79 Å². The normalized spacial score (nSPS) is 15.0. The average Bonchev–Trinajstić information content (AvgIpc) is 3.21. The Morgan fingerprint density at radius 1 is 0.893 bits per heavy atom. The highest BCUT2D eigenvalue weighted by Gasteiger charge is 2.18. The van der Waals surface area contributed by atoms with Crippen molar-refractivity contribution in [2.45, 2.75) is 25.7 Å². The molecule has 7 nitrogen and oxygen atoms in total. The van der Waals surface area contributed by atoms with E-state index < -0.39 is 0 Å².